The summed E-state index contributed by atoms with van der Waals surface area (Å²) in [6, 6.07) is 3.45. The third-order valence-corrected chi connectivity index (χ3v) is 4.17. The van der Waals surface area contributed by atoms with Crippen LogP contribution in [0.15, 0.2) is 18.2 Å². The number of nitrogens with zero attached hydrogens (tertiary/aromatic N) is 1. The maximum atomic E-state index is 12.9. The fourth-order valence-corrected chi connectivity index (χ4v) is 3.04. The summed E-state index contributed by atoms with van der Waals surface area (Å²) in [7, 11) is 0. The zero-order valence-corrected chi connectivity index (χ0v) is 15.6. The minimum Gasteiger partial charge on any atom is -0.443 e. The standard InChI is InChI=1S/C18H20N4O6/c1-18(2,3)28-17(27)21-20-10-6-4-5-9-13(10)16(26)22(15(9)25)11-7-8-12(23)19-14(11)24/h4-6,11,20H,7-8H2,1-3H3,(H,21,27)(H,19,23,24). The van der Waals surface area contributed by atoms with Gasteiger partial charge in [0.05, 0.1) is 16.8 Å². The number of hydrogen-bond acceptors (Lipinski definition) is 7. The van der Waals surface area contributed by atoms with Crippen LogP contribution in [-0.4, -0.2) is 46.3 Å². The van der Waals surface area contributed by atoms with Gasteiger partial charge in [-0.15, -0.1) is 0 Å². The molecule has 148 valence electrons. The van der Waals surface area contributed by atoms with Gasteiger partial charge in [0.2, 0.25) is 11.8 Å². The number of imide groups is 2. The molecule has 0 bridgehead atoms. The minimum absolute atomic E-state index is 0.0354. The number of carbonyl (C=O) groups excluding carboxylic acids is 5. The first-order chi connectivity index (χ1) is 13.1. The molecule has 1 unspecified atom stereocenters. The van der Waals surface area contributed by atoms with Gasteiger partial charge in [-0.1, -0.05) is 6.07 Å². The van der Waals surface area contributed by atoms with Crippen molar-refractivity contribution in [1.82, 2.24) is 15.6 Å². The average Bonchev–Trinajstić information content (AvgIpc) is 2.84. The Morgan fingerprint density at radius 1 is 1.18 bits per heavy atom. The van der Waals surface area contributed by atoms with E-state index in [4.69, 9.17) is 4.74 Å². The van der Waals surface area contributed by atoms with Crippen LogP contribution in [0.2, 0.25) is 0 Å². The molecule has 0 spiro atoms. The van der Waals surface area contributed by atoms with Crippen LogP contribution in [-0.2, 0) is 14.3 Å². The second-order valence-electron chi connectivity index (χ2n) is 7.43. The van der Waals surface area contributed by atoms with E-state index in [-0.39, 0.29) is 29.7 Å². The van der Waals surface area contributed by atoms with E-state index in [9.17, 15) is 24.0 Å². The van der Waals surface area contributed by atoms with Gasteiger partial charge in [0, 0.05) is 6.42 Å². The molecule has 3 rings (SSSR count). The van der Waals surface area contributed by atoms with Crippen molar-refractivity contribution in [3.8, 4) is 0 Å². The number of nitrogens with one attached hydrogen (secondary N) is 3. The SMILES string of the molecule is CC(C)(C)OC(=O)NNc1cccc2c1C(=O)N(C1CCC(=O)NC1=O)C2=O. The number of fused-ring (bicyclic) bond motifs is 1. The Balaban J connectivity index is 1.81. The molecule has 0 saturated carbocycles. The molecule has 5 amide bonds. The van der Waals surface area contributed by atoms with Crippen LogP contribution in [0.1, 0.15) is 54.3 Å². The lowest BCUT2D eigenvalue weighted by atomic mass is 10.0. The van der Waals surface area contributed by atoms with Gasteiger partial charge in [-0.3, -0.25) is 34.8 Å². The molecule has 1 aromatic rings. The number of anilines is 1. The Morgan fingerprint density at radius 2 is 1.89 bits per heavy atom. The van der Waals surface area contributed by atoms with Crippen molar-refractivity contribution in [2.45, 2.75) is 45.3 Å². The average molecular weight is 388 g/mol. The van der Waals surface area contributed by atoms with Gasteiger partial charge < -0.3 is 4.74 Å². The second-order valence-corrected chi connectivity index (χ2v) is 7.43. The molecule has 0 aromatic heterocycles. The number of carbonyl (C=O) groups is 5. The van der Waals surface area contributed by atoms with E-state index in [2.05, 4.69) is 16.2 Å². The zero-order valence-electron chi connectivity index (χ0n) is 15.6. The molecule has 10 heteroatoms. The molecular formula is C18H20N4O6. The van der Waals surface area contributed by atoms with Crippen LogP contribution in [0.25, 0.3) is 0 Å². The minimum atomic E-state index is -1.06. The summed E-state index contributed by atoms with van der Waals surface area (Å²) in [5, 5.41) is 2.14. The lowest BCUT2D eigenvalue weighted by Crippen LogP contribution is -2.54. The monoisotopic (exact) mass is 388 g/mol. The summed E-state index contributed by atoms with van der Waals surface area (Å²) >= 11 is 0. The van der Waals surface area contributed by atoms with E-state index < -0.39 is 41.4 Å². The Labute approximate surface area is 160 Å². The number of amides is 5. The first kappa shape index (κ1) is 19.3. The number of rotatable bonds is 3. The third-order valence-electron chi connectivity index (χ3n) is 4.17. The molecular weight excluding hydrogens is 368 g/mol. The van der Waals surface area contributed by atoms with E-state index in [0.717, 1.165) is 4.90 Å². The smallest absolute Gasteiger partial charge is 0.426 e. The van der Waals surface area contributed by atoms with Crippen molar-refractivity contribution in [2.24, 2.45) is 0 Å². The molecule has 1 fully saturated rings. The van der Waals surface area contributed by atoms with E-state index >= 15 is 0 Å². The summed E-state index contributed by atoms with van der Waals surface area (Å²) in [6.07, 6.45) is -0.659. The maximum absolute atomic E-state index is 12.9. The summed E-state index contributed by atoms with van der Waals surface area (Å²) in [6.45, 7) is 5.10. The number of piperidine rings is 1. The van der Waals surface area contributed by atoms with Crippen LogP contribution in [0, 0.1) is 0 Å². The van der Waals surface area contributed by atoms with Crippen molar-refractivity contribution in [3.05, 3.63) is 29.3 Å². The van der Waals surface area contributed by atoms with Crippen LogP contribution in [0.3, 0.4) is 0 Å². The summed E-state index contributed by atoms with van der Waals surface area (Å²) in [4.78, 5) is 61.7. The number of hydrazine groups is 1. The van der Waals surface area contributed by atoms with E-state index in [1.54, 1.807) is 20.8 Å². The van der Waals surface area contributed by atoms with E-state index in [0.29, 0.717) is 0 Å². The molecule has 2 aliphatic heterocycles. The fraction of sp³-hybridized carbons (Fsp3) is 0.389. The van der Waals surface area contributed by atoms with Crippen molar-refractivity contribution in [2.75, 3.05) is 5.43 Å². The highest BCUT2D eigenvalue weighted by atomic mass is 16.6. The second kappa shape index (κ2) is 6.95. The highest BCUT2D eigenvalue weighted by Crippen LogP contribution is 2.32. The molecule has 2 aliphatic rings. The molecule has 3 N–H and O–H groups in total. The molecule has 0 aliphatic carbocycles. The largest absolute Gasteiger partial charge is 0.443 e. The lowest BCUT2D eigenvalue weighted by molar-refractivity contribution is -0.136. The molecule has 2 heterocycles. The third kappa shape index (κ3) is 3.66. The predicted octanol–water partition coefficient (Wildman–Crippen LogP) is 0.939. The Kier molecular flexibility index (Phi) is 4.80. The topological polar surface area (TPSA) is 134 Å². The van der Waals surface area contributed by atoms with E-state index in [1.165, 1.54) is 18.2 Å². The first-order valence-corrected chi connectivity index (χ1v) is 8.68. The summed E-state index contributed by atoms with van der Waals surface area (Å²) in [5.41, 5.74) is 4.51. The van der Waals surface area contributed by atoms with Crippen LogP contribution < -0.4 is 16.2 Å². The quantitative estimate of drug-likeness (QED) is 0.518. The molecule has 1 saturated heterocycles. The van der Waals surface area contributed by atoms with Gasteiger partial charge >= 0.3 is 6.09 Å². The van der Waals surface area contributed by atoms with Crippen molar-refractivity contribution < 1.29 is 28.7 Å². The maximum Gasteiger partial charge on any atom is 0.426 e. The molecule has 10 nitrogen and oxygen atoms in total. The number of ether oxygens (including phenoxy) is 1. The van der Waals surface area contributed by atoms with Gasteiger partial charge in [-0.05, 0) is 39.3 Å². The number of benzene rings is 1. The van der Waals surface area contributed by atoms with E-state index in [1.807, 2.05) is 0 Å². The molecule has 1 aromatic carbocycles. The van der Waals surface area contributed by atoms with Crippen LogP contribution in [0.4, 0.5) is 10.5 Å². The lowest BCUT2D eigenvalue weighted by Gasteiger charge is -2.27. The van der Waals surface area contributed by atoms with Crippen molar-refractivity contribution in [3.63, 3.8) is 0 Å². The Morgan fingerprint density at radius 3 is 2.54 bits per heavy atom. The molecule has 1 atom stereocenters. The Bertz CT molecular complexity index is 889. The predicted molar refractivity (Wildman–Crippen MR) is 96.1 cm³/mol. The highest BCUT2D eigenvalue weighted by Gasteiger charge is 2.45. The number of hydrogen-bond donors (Lipinski definition) is 3. The van der Waals surface area contributed by atoms with Crippen molar-refractivity contribution in [1.29, 1.82) is 0 Å². The Hall–Kier alpha value is -3.43. The van der Waals surface area contributed by atoms with Gasteiger partial charge in [0.1, 0.15) is 11.6 Å². The van der Waals surface area contributed by atoms with Gasteiger partial charge in [-0.25, -0.2) is 10.2 Å². The van der Waals surface area contributed by atoms with Gasteiger partial charge in [0.15, 0.2) is 0 Å². The first-order valence-electron chi connectivity index (χ1n) is 8.68. The fourth-order valence-electron chi connectivity index (χ4n) is 3.04. The van der Waals surface area contributed by atoms with Gasteiger partial charge in [0.25, 0.3) is 11.8 Å². The van der Waals surface area contributed by atoms with Gasteiger partial charge in [-0.2, -0.15) is 0 Å². The normalized spacial score (nSPS) is 19.2. The summed E-state index contributed by atoms with van der Waals surface area (Å²) < 4.78 is 5.11. The summed E-state index contributed by atoms with van der Waals surface area (Å²) in [5.74, 6) is -2.44. The van der Waals surface area contributed by atoms with Crippen LogP contribution >= 0.6 is 0 Å². The molecule has 28 heavy (non-hydrogen) atoms. The molecule has 0 radical (unpaired) electrons. The van der Waals surface area contributed by atoms with Crippen molar-refractivity contribution >= 4 is 35.4 Å². The zero-order chi connectivity index (χ0) is 20.6. The highest BCUT2D eigenvalue weighted by molar-refractivity contribution is 6.25. The van der Waals surface area contributed by atoms with Crippen LogP contribution in [0.5, 0.6) is 0 Å².